The zero-order valence-corrected chi connectivity index (χ0v) is 12.2. The van der Waals surface area contributed by atoms with Crippen molar-refractivity contribution in [2.75, 3.05) is 13.1 Å². The highest BCUT2D eigenvalue weighted by Crippen LogP contribution is 2.20. The molecule has 1 fully saturated rings. The second-order valence-electron chi connectivity index (χ2n) is 5.70. The molecule has 6 nitrogen and oxygen atoms in total. The molecule has 1 aromatic rings. The van der Waals surface area contributed by atoms with Gasteiger partial charge in [0.05, 0.1) is 11.3 Å². The smallest absolute Gasteiger partial charge is 0.269 e. The van der Waals surface area contributed by atoms with Crippen molar-refractivity contribution in [3.8, 4) is 0 Å². The van der Waals surface area contributed by atoms with Crippen LogP contribution in [0.3, 0.4) is 0 Å². The Labute approximate surface area is 124 Å². The summed E-state index contributed by atoms with van der Waals surface area (Å²) in [4.78, 5) is 24.5. The third-order valence-electron chi connectivity index (χ3n) is 4.03. The number of hydrogen-bond donors (Lipinski definition) is 1. The molecule has 0 aromatic heterocycles. The fourth-order valence-electron chi connectivity index (χ4n) is 2.73. The maximum Gasteiger partial charge on any atom is 0.269 e. The van der Waals surface area contributed by atoms with Gasteiger partial charge in [-0.3, -0.25) is 14.9 Å². The van der Waals surface area contributed by atoms with E-state index in [4.69, 9.17) is 5.73 Å². The average Bonchev–Trinajstić information content (AvgIpc) is 2.47. The molecular weight excluding hydrogens is 270 g/mol. The number of nitrogens with two attached hydrogens (primary N) is 1. The van der Waals surface area contributed by atoms with Crippen LogP contribution in [-0.4, -0.2) is 34.9 Å². The van der Waals surface area contributed by atoms with Crippen LogP contribution in [0.15, 0.2) is 24.3 Å². The number of carbonyl (C=O) groups excluding carboxylic acids is 1. The Morgan fingerprint density at radius 2 is 2.33 bits per heavy atom. The SMILES string of the molecule is C[C@@H](N)[C@H]1CCCN(C(=O)Cc2cccc([N+](=O)[O-])c2)C1. The summed E-state index contributed by atoms with van der Waals surface area (Å²) < 4.78 is 0. The molecule has 2 rings (SSSR count). The largest absolute Gasteiger partial charge is 0.342 e. The Balaban J connectivity index is 2.01. The first-order valence-corrected chi connectivity index (χ1v) is 7.24. The molecule has 0 unspecified atom stereocenters. The van der Waals surface area contributed by atoms with Crippen LogP contribution in [0.5, 0.6) is 0 Å². The number of nitrogens with zero attached hydrogens (tertiary/aromatic N) is 2. The molecule has 1 aliphatic heterocycles. The lowest BCUT2D eigenvalue weighted by molar-refractivity contribution is -0.384. The molecule has 21 heavy (non-hydrogen) atoms. The number of benzene rings is 1. The van der Waals surface area contributed by atoms with E-state index in [9.17, 15) is 14.9 Å². The van der Waals surface area contributed by atoms with Gasteiger partial charge in [0.1, 0.15) is 0 Å². The van der Waals surface area contributed by atoms with Gasteiger partial charge in [0, 0.05) is 31.3 Å². The summed E-state index contributed by atoms with van der Waals surface area (Å²) in [6, 6.07) is 6.34. The molecule has 1 saturated heterocycles. The van der Waals surface area contributed by atoms with E-state index in [-0.39, 0.29) is 24.1 Å². The van der Waals surface area contributed by atoms with E-state index in [0.717, 1.165) is 19.4 Å². The van der Waals surface area contributed by atoms with Crippen molar-refractivity contribution in [1.29, 1.82) is 0 Å². The van der Waals surface area contributed by atoms with E-state index >= 15 is 0 Å². The molecule has 0 saturated carbocycles. The zero-order valence-electron chi connectivity index (χ0n) is 12.2. The maximum atomic E-state index is 12.3. The number of likely N-dealkylation sites (tertiary alicyclic amines) is 1. The molecular formula is C15H21N3O3. The van der Waals surface area contributed by atoms with E-state index < -0.39 is 4.92 Å². The van der Waals surface area contributed by atoms with Gasteiger partial charge in [0.2, 0.25) is 5.91 Å². The normalized spacial score (nSPS) is 20.1. The van der Waals surface area contributed by atoms with Gasteiger partial charge < -0.3 is 10.6 Å². The highest BCUT2D eigenvalue weighted by molar-refractivity contribution is 5.79. The number of rotatable bonds is 4. The first kappa shape index (κ1) is 15.4. The molecule has 1 aliphatic rings. The Morgan fingerprint density at radius 3 is 3.00 bits per heavy atom. The topological polar surface area (TPSA) is 89.5 Å². The number of non-ortho nitro benzene ring substituents is 1. The zero-order chi connectivity index (χ0) is 15.4. The van der Waals surface area contributed by atoms with E-state index in [1.54, 1.807) is 12.1 Å². The van der Waals surface area contributed by atoms with Gasteiger partial charge in [0.15, 0.2) is 0 Å². The van der Waals surface area contributed by atoms with Gasteiger partial charge in [-0.1, -0.05) is 12.1 Å². The van der Waals surface area contributed by atoms with Crippen LogP contribution < -0.4 is 5.73 Å². The Hall–Kier alpha value is -1.95. The lowest BCUT2D eigenvalue weighted by Crippen LogP contribution is -2.45. The lowest BCUT2D eigenvalue weighted by Gasteiger charge is -2.34. The summed E-state index contributed by atoms with van der Waals surface area (Å²) >= 11 is 0. The van der Waals surface area contributed by atoms with Crippen LogP contribution in [0, 0.1) is 16.0 Å². The highest BCUT2D eigenvalue weighted by atomic mass is 16.6. The average molecular weight is 291 g/mol. The molecule has 1 amide bonds. The van der Waals surface area contributed by atoms with Crippen LogP contribution in [-0.2, 0) is 11.2 Å². The number of carbonyl (C=O) groups is 1. The summed E-state index contributed by atoms with van der Waals surface area (Å²) in [5, 5.41) is 10.8. The molecule has 114 valence electrons. The van der Waals surface area contributed by atoms with E-state index in [1.807, 2.05) is 11.8 Å². The molecule has 0 bridgehead atoms. The first-order valence-electron chi connectivity index (χ1n) is 7.24. The van der Waals surface area contributed by atoms with Crippen molar-refractivity contribution in [2.45, 2.75) is 32.2 Å². The van der Waals surface area contributed by atoms with Gasteiger partial charge >= 0.3 is 0 Å². The molecule has 2 atom stereocenters. The molecule has 0 aliphatic carbocycles. The molecule has 2 N–H and O–H groups in total. The molecule has 1 heterocycles. The Kier molecular flexibility index (Phi) is 4.90. The number of piperidine rings is 1. The number of hydrogen-bond acceptors (Lipinski definition) is 4. The Morgan fingerprint density at radius 1 is 1.57 bits per heavy atom. The predicted molar refractivity (Wildman–Crippen MR) is 79.8 cm³/mol. The van der Waals surface area contributed by atoms with Crippen LogP contribution in [0.4, 0.5) is 5.69 Å². The van der Waals surface area contributed by atoms with Crippen molar-refractivity contribution < 1.29 is 9.72 Å². The summed E-state index contributed by atoms with van der Waals surface area (Å²) in [6.45, 7) is 3.40. The van der Waals surface area contributed by atoms with Crippen molar-refractivity contribution in [1.82, 2.24) is 4.90 Å². The van der Waals surface area contributed by atoms with Gasteiger partial charge in [0.25, 0.3) is 5.69 Å². The minimum Gasteiger partial charge on any atom is -0.342 e. The molecule has 0 spiro atoms. The van der Waals surface area contributed by atoms with E-state index in [1.165, 1.54) is 12.1 Å². The Bertz CT molecular complexity index is 531. The van der Waals surface area contributed by atoms with Crippen LogP contribution >= 0.6 is 0 Å². The van der Waals surface area contributed by atoms with Crippen LogP contribution in [0.25, 0.3) is 0 Å². The summed E-state index contributed by atoms with van der Waals surface area (Å²) in [5.74, 6) is 0.355. The van der Waals surface area contributed by atoms with Crippen LogP contribution in [0.1, 0.15) is 25.3 Å². The monoisotopic (exact) mass is 291 g/mol. The quantitative estimate of drug-likeness (QED) is 0.675. The van der Waals surface area contributed by atoms with Gasteiger partial charge in [-0.25, -0.2) is 0 Å². The fourth-order valence-corrected chi connectivity index (χ4v) is 2.73. The summed E-state index contributed by atoms with van der Waals surface area (Å²) in [5.41, 5.74) is 6.62. The first-order chi connectivity index (χ1) is 9.97. The van der Waals surface area contributed by atoms with Crippen molar-refractivity contribution >= 4 is 11.6 Å². The van der Waals surface area contributed by atoms with Gasteiger partial charge in [-0.05, 0) is 31.2 Å². The van der Waals surface area contributed by atoms with E-state index in [2.05, 4.69) is 0 Å². The highest BCUT2D eigenvalue weighted by Gasteiger charge is 2.25. The van der Waals surface area contributed by atoms with E-state index in [0.29, 0.717) is 18.0 Å². The van der Waals surface area contributed by atoms with Gasteiger partial charge in [-0.15, -0.1) is 0 Å². The summed E-state index contributed by atoms with van der Waals surface area (Å²) in [7, 11) is 0. The number of nitro benzene ring substituents is 1. The lowest BCUT2D eigenvalue weighted by atomic mass is 9.92. The molecule has 6 heteroatoms. The van der Waals surface area contributed by atoms with Crippen molar-refractivity contribution in [2.24, 2.45) is 11.7 Å². The summed E-state index contributed by atoms with van der Waals surface area (Å²) in [6.07, 6.45) is 2.22. The second-order valence-corrected chi connectivity index (χ2v) is 5.70. The minimum atomic E-state index is -0.443. The fraction of sp³-hybridized carbons (Fsp3) is 0.533. The number of nitro groups is 1. The third kappa shape index (κ3) is 4.01. The molecule has 1 aromatic carbocycles. The van der Waals surface area contributed by atoms with Gasteiger partial charge in [-0.2, -0.15) is 0 Å². The maximum absolute atomic E-state index is 12.3. The predicted octanol–water partition coefficient (Wildman–Crippen LogP) is 1.72. The standard InChI is InChI=1S/C15H21N3O3/c1-11(16)13-5-3-7-17(10-13)15(19)9-12-4-2-6-14(8-12)18(20)21/h2,4,6,8,11,13H,3,5,7,9-10,16H2,1H3/t11-,13+/m1/s1. The molecule has 0 radical (unpaired) electrons. The van der Waals surface area contributed by atoms with Crippen molar-refractivity contribution in [3.63, 3.8) is 0 Å². The van der Waals surface area contributed by atoms with Crippen molar-refractivity contribution in [3.05, 3.63) is 39.9 Å². The second kappa shape index (κ2) is 6.67. The number of amides is 1. The minimum absolute atomic E-state index is 0.0147. The van der Waals surface area contributed by atoms with Crippen LogP contribution in [0.2, 0.25) is 0 Å². The third-order valence-corrected chi connectivity index (χ3v) is 4.03.